The van der Waals surface area contributed by atoms with Crippen LogP contribution in [0.15, 0.2) is 18.2 Å². The van der Waals surface area contributed by atoms with Crippen molar-refractivity contribution in [2.24, 2.45) is 0 Å². The molecule has 15 heavy (non-hydrogen) atoms. The lowest BCUT2D eigenvalue weighted by molar-refractivity contribution is -0.141. The van der Waals surface area contributed by atoms with Gasteiger partial charge in [-0.05, 0) is 12.1 Å². The summed E-state index contributed by atoms with van der Waals surface area (Å²) >= 11 is 0. The Morgan fingerprint density at radius 1 is 1.33 bits per heavy atom. The Balaban J connectivity index is 3.04. The van der Waals surface area contributed by atoms with Crippen LogP contribution < -0.4 is 0 Å². The molecule has 1 aromatic rings. The smallest absolute Gasteiger partial charge is 0.247 e. The van der Waals surface area contributed by atoms with Gasteiger partial charge in [-0.15, -0.1) is 0 Å². The molecule has 83 valence electrons. The molecule has 0 fully saturated rings. The molecule has 0 N–H and O–H groups in total. The van der Waals surface area contributed by atoms with Gasteiger partial charge in [0.15, 0.2) is 9.84 Å². The number of alkyl halides is 3. The van der Waals surface area contributed by atoms with Crippen molar-refractivity contribution in [2.45, 2.75) is 11.9 Å². The van der Waals surface area contributed by atoms with Gasteiger partial charge in [0.1, 0.15) is 5.69 Å². The van der Waals surface area contributed by atoms with Gasteiger partial charge < -0.3 is 0 Å². The molecule has 1 heterocycles. The first-order chi connectivity index (χ1) is 6.68. The average molecular weight is 238 g/mol. The summed E-state index contributed by atoms with van der Waals surface area (Å²) in [7, 11) is -3.62. The maximum Gasteiger partial charge on any atom is 0.433 e. The molecule has 0 saturated carbocycles. The van der Waals surface area contributed by atoms with E-state index in [4.69, 9.17) is 0 Å². The van der Waals surface area contributed by atoms with Crippen LogP contribution in [0.4, 0.5) is 13.2 Å². The molecular formula is C8H7F3NO2S. The van der Waals surface area contributed by atoms with Gasteiger partial charge >= 0.3 is 6.18 Å². The van der Waals surface area contributed by atoms with Gasteiger partial charge in [-0.25, -0.2) is 13.4 Å². The largest absolute Gasteiger partial charge is 0.433 e. The third-order valence-corrected chi connectivity index (χ3v) is 2.20. The molecule has 7 heteroatoms. The lowest BCUT2D eigenvalue weighted by Gasteiger charge is -2.06. The summed E-state index contributed by atoms with van der Waals surface area (Å²) in [5, 5.41) is 0. The summed E-state index contributed by atoms with van der Waals surface area (Å²) in [6, 6.07) is 3.09. The van der Waals surface area contributed by atoms with Crippen molar-refractivity contribution in [1.82, 2.24) is 4.98 Å². The standard InChI is InChI=1S/C8H7F3NO2S/c1-15(13,14)5-6-3-2-4-7(12-6)8(9,10)11/h2-4H,1,5H2. The summed E-state index contributed by atoms with van der Waals surface area (Å²) in [4.78, 5) is 3.19. The summed E-state index contributed by atoms with van der Waals surface area (Å²) in [5.74, 6) is -0.600. The van der Waals surface area contributed by atoms with Crippen LogP contribution in [0.3, 0.4) is 0 Å². The molecule has 1 rings (SSSR count). The van der Waals surface area contributed by atoms with Crippen LogP contribution in [0.5, 0.6) is 0 Å². The van der Waals surface area contributed by atoms with E-state index in [1.165, 1.54) is 6.07 Å². The minimum absolute atomic E-state index is 0.167. The van der Waals surface area contributed by atoms with E-state index in [-0.39, 0.29) is 5.69 Å². The lowest BCUT2D eigenvalue weighted by atomic mass is 10.3. The highest BCUT2D eigenvalue weighted by atomic mass is 32.2. The van der Waals surface area contributed by atoms with E-state index in [9.17, 15) is 21.6 Å². The third kappa shape index (κ3) is 3.86. The fourth-order valence-corrected chi connectivity index (χ4v) is 1.55. The first kappa shape index (κ1) is 12.0. The number of hydrogen-bond donors (Lipinski definition) is 0. The topological polar surface area (TPSA) is 47.0 Å². The van der Waals surface area contributed by atoms with E-state index in [2.05, 4.69) is 11.2 Å². The number of rotatable bonds is 2. The van der Waals surface area contributed by atoms with Crippen molar-refractivity contribution in [3.8, 4) is 0 Å². The van der Waals surface area contributed by atoms with E-state index >= 15 is 0 Å². The van der Waals surface area contributed by atoms with Crippen molar-refractivity contribution in [1.29, 1.82) is 0 Å². The van der Waals surface area contributed by atoms with Gasteiger partial charge in [-0.3, -0.25) is 0 Å². The Hall–Kier alpha value is -1.11. The van der Waals surface area contributed by atoms with Crippen molar-refractivity contribution in [3.63, 3.8) is 0 Å². The van der Waals surface area contributed by atoms with Crippen molar-refractivity contribution < 1.29 is 21.6 Å². The number of halogens is 3. The quantitative estimate of drug-likeness (QED) is 0.789. The molecule has 1 radical (unpaired) electrons. The van der Waals surface area contributed by atoms with E-state index in [0.717, 1.165) is 12.1 Å². The van der Waals surface area contributed by atoms with Crippen LogP contribution in [0.1, 0.15) is 11.4 Å². The normalized spacial score (nSPS) is 12.8. The number of aromatic nitrogens is 1. The van der Waals surface area contributed by atoms with Crippen LogP contribution >= 0.6 is 0 Å². The number of pyridine rings is 1. The molecule has 0 aliphatic carbocycles. The van der Waals surface area contributed by atoms with Gasteiger partial charge in [0.05, 0.1) is 17.7 Å². The second-order valence-electron chi connectivity index (χ2n) is 2.90. The van der Waals surface area contributed by atoms with Crippen molar-refractivity contribution in [3.05, 3.63) is 35.8 Å². The predicted molar refractivity (Wildman–Crippen MR) is 47.2 cm³/mol. The minimum atomic E-state index is -4.57. The second kappa shape index (κ2) is 3.80. The summed E-state index contributed by atoms with van der Waals surface area (Å²) in [6.45, 7) is 0. The number of nitrogens with zero attached hydrogens (tertiary/aromatic N) is 1. The zero-order chi connectivity index (χ0) is 11.7. The van der Waals surface area contributed by atoms with Gasteiger partial charge in [0, 0.05) is 0 Å². The Labute approximate surface area is 84.9 Å². The Morgan fingerprint density at radius 3 is 2.40 bits per heavy atom. The zero-order valence-electron chi connectivity index (χ0n) is 7.45. The summed E-state index contributed by atoms with van der Waals surface area (Å²) in [6.07, 6.45) is -1.76. The molecule has 0 atom stereocenters. The third-order valence-electron chi connectivity index (χ3n) is 1.46. The summed E-state index contributed by atoms with van der Waals surface area (Å²) < 4.78 is 58.0. The van der Waals surface area contributed by atoms with E-state index in [1.807, 2.05) is 0 Å². The molecule has 0 aliphatic heterocycles. The van der Waals surface area contributed by atoms with Crippen LogP contribution in [0.25, 0.3) is 0 Å². The maximum absolute atomic E-state index is 12.2. The van der Waals surface area contributed by atoms with Crippen molar-refractivity contribution >= 4 is 9.84 Å². The Bertz CT molecular complexity index is 453. The lowest BCUT2D eigenvalue weighted by Crippen LogP contribution is -2.10. The Morgan fingerprint density at radius 2 is 1.93 bits per heavy atom. The number of sulfone groups is 1. The number of hydrogen-bond acceptors (Lipinski definition) is 3. The molecule has 0 unspecified atom stereocenters. The fourth-order valence-electron chi connectivity index (χ4n) is 0.943. The van der Waals surface area contributed by atoms with Gasteiger partial charge in [0.25, 0.3) is 0 Å². The molecule has 0 spiro atoms. The van der Waals surface area contributed by atoms with Crippen LogP contribution in [-0.2, 0) is 21.8 Å². The van der Waals surface area contributed by atoms with E-state index in [0.29, 0.717) is 0 Å². The molecular weight excluding hydrogens is 231 g/mol. The van der Waals surface area contributed by atoms with E-state index in [1.54, 1.807) is 0 Å². The van der Waals surface area contributed by atoms with Crippen LogP contribution in [0.2, 0.25) is 0 Å². The molecule has 0 aliphatic rings. The first-order valence-corrected chi connectivity index (χ1v) is 5.59. The molecule has 0 amide bonds. The average Bonchev–Trinajstić information content (AvgIpc) is 1.99. The fraction of sp³-hybridized carbons (Fsp3) is 0.250. The van der Waals surface area contributed by atoms with Crippen LogP contribution in [-0.4, -0.2) is 13.4 Å². The highest BCUT2D eigenvalue weighted by Crippen LogP contribution is 2.27. The SMILES string of the molecule is [CH2]S(=O)(=O)Cc1cccc(C(F)(F)F)n1. The predicted octanol–water partition coefficient (Wildman–Crippen LogP) is 1.81. The molecule has 1 aromatic heterocycles. The van der Waals surface area contributed by atoms with Gasteiger partial charge in [0.2, 0.25) is 0 Å². The summed E-state index contributed by atoms with van der Waals surface area (Å²) in [5.41, 5.74) is -1.27. The second-order valence-corrected chi connectivity index (χ2v) is 4.68. The zero-order valence-corrected chi connectivity index (χ0v) is 8.27. The maximum atomic E-state index is 12.2. The minimum Gasteiger partial charge on any atom is -0.247 e. The van der Waals surface area contributed by atoms with E-state index < -0.39 is 27.5 Å². The molecule has 0 aromatic carbocycles. The first-order valence-electron chi connectivity index (χ1n) is 3.77. The van der Waals surface area contributed by atoms with Gasteiger partial charge in [-0.1, -0.05) is 6.07 Å². The van der Waals surface area contributed by atoms with Crippen molar-refractivity contribution in [2.75, 3.05) is 0 Å². The molecule has 3 nitrogen and oxygen atoms in total. The molecule has 0 bridgehead atoms. The highest BCUT2D eigenvalue weighted by molar-refractivity contribution is 7.91. The van der Waals surface area contributed by atoms with Gasteiger partial charge in [-0.2, -0.15) is 13.2 Å². The Kier molecular flexibility index (Phi) is 3.03. The monoisotopic (exact) mass is 238 g/mol. The van der Waals surface area contributed by atoms with Crippen LogP contribution in [0, 0.1) is 6.26 Å². The molecule has 0 saturated heterocycles. The highest BCUT2D eigenvalue weighted by Gasteiger charge is 2.32.